The smallest absolute Gasteiger partial charge is 0.306 e. The topological polar surface area (TPSA) is 114 Å². The zero-order valence-corrected chi connectivity index (χ0v) is 27.6. The molecule has 0 aliphatic heterocycles. The van der Waals surface area contributed by atoms with E-state index in [0.717, 1.165) is 24.0 Å². The van der Waals surface area contributed by atoms with Crippen LogP contribution in [0, 0.1) is 0 Å². The molecule has 0 saturated heterocycles. The third kappa shape index (κ3) is 14.5. The van der Waals surface area contributed by atoms with Crippen LogP contribution in [0.2, 0.25) is 0 Å². The van der Waals surface area contributed by atoms with Crippen LogP contribution in [0.4, 0.5) is 0 Å². The van der Waals surface area contributed by atoms with Crippen LogP contribution < -0.4 is 20.1 Å². The van der Waals surface area contributed by atoms with Crippen molar-refractivity contribution in [3.63, 3.8) is 0 Å². The van der Waals surface area contributed by atoms with Crippen LogP contribution in [0.15, 0.2) is 48.5 Å². The predicted octanol–water partition coefficient (Wildman–Crippen LogP) is 4.81. The number of nitrogens with one attached hydrogen (secondary N) is 2. The van der Waals surface area contributed by atoms with Crippen LogP contribution in [-0.4, -0.2) is 76.1 Å². The molecule has 4 atom stereocenters. The molecule has 0 amide bonds. The highest BCUT2D eigenvalue weighted by molar-refractivity contribution is 5.77. The Morgan fingerprint density at radius 3 is 1.23 bits per heavy atom. The van der Waals surface area contributed by atoms with Crippen molar-refractivity contribution in [2.75, 3.05) is 27.4 Å². The van der Waals surface area contributed by atoms with Crippen LogP contribution >= 0.6 is 0 Å². The Kier molecular flexibility index (Phi) is 16.8. The molecule has 0 radical (unpaired) electrons. The number of carbonyl (C=O) groups excluding carboxylic acids is 2. The highest BCUT2D eigenvalue weighted by Crippen LogP contribution is 2.18. The number of benzene rings is 2. The molecular formula is C34H52N2O8. The van der Waals surface area contributed by atoms with Crippen molar-refractivity contribution >= 4 is 11.9 Å². The van der Waals surface area contributed by atoms with Gasteiger partial charge in [0, 0.05) is 26.3 Å². The van der Waals surface area contributed by atoms with Gasteiger partial charge in [0.1, 0.15) is 23.7 Å². The van der Waals surface area contributed by atoms with Gasteiger partial charge in [-0.1, -0.05) is 24.3 Å². The van der Waals surface area contributed by atoms with Gasteiger partial charge in [-0.15, -0.1) is 0 Å². The van der Waals surface area contributed by atoms with Gasteiger partial charge >= 0.3 is 11.9 Å². The lowest BCUT2D eigenvalue weighted by Crippen LogP contribution is -2.48. The molecule has 0 heterocycles. The zero-order valence-electron chi connectivity index (χ0n) is 27.6. The van der Waals surface area contributed by atoms with Crippen molar-refractivity contribution in [1.82, 2.24) is 10.6 Å². The van der Waals surface area contributed by atoms with Gasteiger partial charge in [-0.05, 0) is 89.8 Å². The summed E-state index contributed by atoms with van der Waals surface area (Å²) in [6.07, 6.45) is -0.996. The Bertz CT molecular complexity index is 1000. The molecule has 2 rings (SSSR count). The van der Waals surface area contributed by atoms with E-state index in [4.69, 9.17) is 28.4 Å². The van der Waals surface area contributed by atoms with Crippen LogP contribution in [-0.2, 0) is 41.4 Å². The van der Waals surface area contributed by atoms with E-state index in [1.54, 1.807) is 28.1 Å². The molecule has 0 bridgehead atoms. The quantitative estimate of drug-likeness (QED) is 0.150. The van der Waals surface area contributed by atoms with E-state index in [1.165, 1.54) is 0 Å². The van der Waals surface area contributed by atoms with Crippen LogP contribution in [0.3, 0.4) is 0 Å². The second-order valence-corrected chi connectivity index (χ2v) is 11.4. The first-order chi connectivity index (χ1) is 21.0. The fourth-order valence-corrected chi connectivity index (χ4v) is 4.25. The lowest BCUT2D eigenvalue weighted by molar-refractivity contribution is -0.160. The van der Waals surface area contributed by atoms with E-state index in [1.807, 2.05) is 76.2 Å². The SMILES string of the molecule is COCCc1ccc(OC(NC(C)C)C(C)OC(=O)CCC(=O)OC(C)C(NC(C)C)Oc2ccc(CCOC)cc2)cc1. The fraction of sp³-hybridized carbons (Fsp3) is 0.588. The Morgan fingerprint density at radius 1 is 0.591 bits per heavy atom. The molecule has 10 nitrogen and oxygen atoms in total. The van der Waals surface area contributed by atoms with E-state index in [9.17, 15) is 9.59 Å². The molecule has 0 spiro atoms. The summed E-state index contributed by atoms with van der Waals surface area (Å²) < 4.78 is 33.8. The maximum absolute atomic E-state index is 12.7. The minimum Gasteiger partial charge on any atom is -0.471 e. The third-order valence-electron chi connectivity index (χ3n) is 6.58. The second kappa shape index (κ2) is 20.0. The van der Waals surface area contributed by atoms with Gasteiger partial charge in [0.25, 0.3) is 0 Å². The van der Waals surface area contributed by atoms with E-state index >= 15 is 0 Å². The number of ether oxygens (including phenoxy) is 6. The van der Waals surface area contributed by atoms with E-state index in [2.05, 4.69) is 10.6 Å². The molecular weight excluding hydrogens is 564 g/mol. The standard InChI is InChI=1S/C34H52N2O8/c1-23(2)35-33(43-29-13-9-27(10-14-29)19-21-39-7)25(5)41-31(37)17-18-32(38)42-26(6)34(36-24(3)4)44-30-15-11-28(12-16-30)20-22-40-8/h9-16,23-26,33-36H,17-22H2,1-8H3. The molecule has 0 fully saturated rings. The number of hydrogen-bond donors (Lipinski definition) is 2. The molecule has 246 valence electrons. The predicted molar refractivity (Wildman–Crippen MR) is 170 cm³/mol. The Balaban J connectivity index is 1.88. The first-order valence-corrected chi connectivity index (χ1v) is 15.4. The van der Waals surface area contributed by atoms with Crippen molar-refractivity contribution in [3.05, 3.63) is 59.7 Å². The summed E-state index contributed by atoms with van der Waals surface area (Å²) in [4.78, 5) is 25.4. The average molecular weight is 617 g/mol. The number of rotatable bonds is 21. The maximum Gasteiger partial charge on any atom is 0.306 e. The summed E-state index contributed by atoms with van der Waals surface area (Å²) >= 11 is 0. The second-order valence-electron chi connectivity index (χ2n) is 11.4. The minimum atomic E-state index is -0.609. The molecule has 10 heteroatoms. The van der Waals surface area contributed by atoms with Gasteiger partial charge in [0.15, 0.2) is 12.5 Å². The van der Waals surface area contributed by atoms with Crippen LogP contribution in [0.5, 0.6) is 11.5 Å². The largest absolute Gasteiger partial charge is 0.471 e. The lowest BCUT2D eigenvalue weighted by Gasteiger charge is -2.28. The van der Waals surface area contributed by atoms with Gasteiger partial charge in [-0.3, -0.25) is 20.2 Å². The number of carbonyl (C=O) groups is 2. The average Bonchev–Trinajstić information content (AvgIpc) is 2.98. The summed E-state index contributed by atoms with van der Waals surface area (Å²) in [6.45, 7) is 12.7. The van der Waals surface area contributed by atoms with Gasteiger partial charge < -0.3 is 28.4 Å². The molecule has 2 N–H and O–H groups in total. The minimum absolute atomic E-state index is 0.0850. The molecule has 44 heavy (non-hydrogen) atoms. The maximum atomic E-state index is 12.7. The van der Waals surface area contributed by atoms with Gasteiger partial charge in [0.05, 0.1) is 26.1 Å². The Labute approximate surface area is 263 Å². The highest BCUT2D eigenvalue weighted by Gasteiger charge is 2.26. The van der Waals surface area contributed by atoms with Crippen LogP contribution in [0.1, 0.15) is 65.5 Å². The number of hydrogen-bond acceptors (Lipinski definition) is 10. The van der Waals surface area contributed by atoms with Gasteiger partial charge in [-0.25, -0.2) is 0 Å². The molecule has 0 aromatic heterocycles. The van der Waals surface area contributed by atoms with E-state index in [0.29, 0.717) is 24.7 Å². The molecule has 0 aliphatic rings. The number of esters is 2. The van der Waals surface area contributed by atoms with Gasteiger partial charge in [0.2, 0.25) is 0 Å². The molecule has 0 saturated carbocycles. The first-order valence-electron chi connectivity index (χ1n) is 15.4. The Hall–Kier alpha value is -3.18. The van der Waals surface area contributed by atoms with Crippen molar-refractivity contribution in [2.24, 2.45) is 0 Å². The monoisotopic (exact) mass is 616 g/mol. The van der Waals surface area contributed by atoms with Crippen molar-refractivity contribution < 1.29 is 38.0 Å². The van der Waals surface area contributed by atoms with E-state index in [-0.39, 0.29) is 24.9 Å². The summed E-state index contributed by atoms with van der Waals surface area (Å²) in [5.74, 6) is 0.271. The summed E-state index contributed by atoms with van der Waals surface area (Å²) in [7, 11) is 3.35. The number of methoxy groups -OCH3 is 2. The molecule has 2 aromatic carbocycles. The lowest BCUT2D eigenvalue weighted by atomic mass is 10.1. The molecule has 2 aromatic rings. The fourth-order valence-electron chi connectivity index (χ4n) is 4.25. The molecule has 4 unspecified atom stereocenters. The van der Waals surface area contributed by atoms with Crippen LogP contribution in [0.25, 0.3) is 0 Å². The third-order valence-corrected chi connectivity index (χ3v) is 6.58. The molecule has 0 aliphatic carbocycles. The first kappa shape index (κ1) is 37.0. The summed E-state index contributed by atoms with van der Waals surface area (Å²) in [6, 6.07) is 15.6. The summed E-state index contributed by atoms with van der Waals surface area (Å²) in [5, 5.41) is 6.59. The zero-order chi connectivity index (χ0) is 32.5. The normalized spacial score (nSPS) is 14.1. The highest BCUT2D eigenvalue weighted by atomic mass is 16.6. The van der Waals surface area contributed by atoms with Crippen molar-refractivity contribution in [1.29, 1.82) is 0 Å². The van der Waals surface area contributed by atoms with Gasteiger partial charge in [-0.2, -0.15) is 0 Å². The summed E-state index contributed by atoms with van der Waals surface area (Å²) in [5.41, 5.74) is 2.27. The van der Waals surface area contributed by atoms with Crippen molar-refractivity contribution in [2.45, 2.75) is 104 Å². The van der Waals surface area contributed by atoms with Crippen molar-refractivity contribution in [3.8, 4) is 11.5 Å². The van der Waals surface area contributed by atoms with E-state index < -0.39 is 36.6 Å². The Morgan fingerprint density at radius 2 is 0.932 bits per heavy atom.